The average Bonchev–Trinajstić information content (AvgIpc) is 2.58. The van der Waals surface area contributed by atoms with Crippen LogP contribution in [0.3, 0.4) is 0 Å². The fraction of sp³-hybridized carbons (Fsp3) is 0.211. The molecule has 0 saturated heterocycles. The molecule has 2 aromatic carbocycles. The van der Waals surface area contributed by atoms with Gasteiger partial charge in [-0.15, -0.1) is 0 Å². The molecule has 1 heterocycles. The van der Waals surface area contributed by atoms with Gasteiger partial charge in [0.2, 0.25) is 0 Å². The van der Waals surface area contributed by atoms with E-state index in [-0.39, 0.29) is 12.2 Å². The van der Waals surface area contributed by atoms with Crippen molar-refractivity contribution in [3.63, 3.8) is 0 Å². The second-order valence-corrected chi connectivity index (χ2v) is 7.00. The first kappa shape index (κ1) is 17.2. The Morgan fingerprint density at radius 1 is 1.21 bits per heavy atom. The molecule has 0 aliphatic heterocycles. The normalized spacial score (nSPS) is 11.2. The number of para-hydroxylation sites is 1. The number of rotatable bonds is 4. The van der Waals surface area contributed by atoms with E-state index >= 15 is 0 Å². The van der Waals surface area contributed by atoms with E-state index in [0.717, 1.165) is 26.5 Å². The van der Waals surface area contributed by atoms with E-state index in [4.69, 9.17) is 11.6 Å². The lowest BCUT2D eigenvalue weighted by Gasteiger charge is -2.16. The van der Waals surface area contributed by atoms with Crippen LogP contribution in [0.5, 0.6) is 0 Å². The molecule has 1 aromatic heterocycles. The fourth-order valence-electron chi connectivity index (χ4n) is 3.02. The number of aliphatic hydroxyl groups excluding tert-OH is 1. The number of benzene rings is 2. The molecule has 0 aliphatic rings. The summed E-state index contributed by atoms with van der Waals surface area (Å²) in [6.45, 7) is 2.30. The van der Waals surface area contributed by atoms with Crippen LogP contribution in [-0.2, 0) is 13.0 Å². The SMILES string of the molecule is Cc1c(CCO)c2ccccc2n(Cc2ccc(Br)c(Cl)c2)c1=O. The molecule has 0 saturated carbocycles. The Morgan fingerprint density at radius 3 is 2.67 bits per heavy atom. The molecule has 0 fully saturated rings. The van der Waals surface area contributed by atoms with Crippen LogP contribution in [-0.4, -0.2) is 16.3 Å². The lowest BCUT2D eigenvalue weighted by atomic mass is 10.0. The van der Waals surface area contributed by atoms with Crippen LogP contribution in [0.4, 0.5) is 0 Å². The van der Waals surface area contributed by atoms with Crippen molar-refractivity contribution in [2.45, 2.75) is 19.9 Å². The quantitative estimate of drug-likeness (QED) is 0.701. The number of hydrogen-bond acceptors (Lipinski definition) is 2. The monoisotopic (exact) mass is 405 g/mol. The van der Waals surface area contributed by atoms with Crippen molar-refractivity contribution in [1.29, 1.82) is 0 Å². The second-order valence-electron chi connectivity index (χ2n) is 5.73. The molecule has 0 spiro atoms. The number of nitrogens with zero attached hydrogens (tertiary/aromatic N) is 1. The lowest BCUT2D eigenvalue weighted by Crippen LogP contribution is -2.25. The van der Waals surface area contributed by atoms with Crippen molar-refractivity contribution >= 4 is 38.4 Å². The van der Waals surface area contributed by atoms with Crippen molar-refractivity contribution in [2.75, 3.05) is 6.61 Å². The first-order valence-corrected chi connectivity index (χ1v) is 8.86. The summed E-state index contributed by atoms with van der Waals surface area (Å²) in [6.07, 6.45) is 0.479. The molecular formula is C19H17BrClNO2. The summed E-state index contributed by atoms with van der Waals surface area (Å²) in [4.78, 5) is 12.9. The molecule has 124 valence electrons. The summed E-state index contributed by atoms with van der Waals surface area (Å²) in [5, 5.41) is 11.0. The summed E-state index contributed by atoms with van der Waals surface area (Å²) in [5.74, 6) is 0. The molecule has 0 unspecified atom stereocenters. The number of aromatic nitrogens is 1. The van der Waals surface area contributed by atoms with Crippen molar-refractivity contribution in [3.8, 4) is 0 Å². The van der Waals surface area contributed by atoms with Crippen LogP contribution in [0.25, 0.3) is 10.9 Å². The van der Waals surface area contributed by atoms with Gasteiger partial charge in [0.05, 0.1) is 17.1 Å². The molecule has 0 bridgehead atoms. The minimum Gasteiger partial charge on any atom is -0.396 e. The van der Waals surface area contributed by atoms with Gasteiger partial charge in [0, 0.05) is 22.0 Å². The number of halogens is 2. The Kier molecular flexibility index (Phi) is 5.09. The van der Waals surface area contributed by atoms with E-state index in [1.54, 1.807) is 4.57 Å². The van der Waals surface area contributed by atoms with E-state index in [1.165, 1.54) is 0 Å². The molecule has 3 nitrogen and oxygen atoms in total. The minimum absolute atomic E-state index is 0.0244. The lowest BCUT2D eigenvalue weighted by molar-refractivity contribution is 0.299. The Balaban J connectivity index is 2.21. The molecule has 0 radical (unpaired) electrons. The largest absolute Gasteiger partial charge is 0.396 e. The smallest absolute Gasteiger partial charge is 0.254 e. The van der Waals surface area contributed by atoms with Crippen LogP contribution < -0.4 is 5.56 Å². The van der Waals surface area contributed by atoms with Gasteiger partial charge in [0.25, 0.3) is 5.56 Å². The Bertz CT molecular complexity index is 965. The minimum atomic E-state index is -0.0313. The summed E-state index contributed by atoms with van der Waals surface area (Å²) in [6, 6.07) is 13.5. The Morgan fingerprint density at radius 2 is 1.96 bits per heavy atom. The van der Waals surface area contributed by atoms with Gasteiger partial charge >= 0.3 is 0 Å². The van der Waals surface area contributed by atoms with Crippen molar-refractivity contribution < 1.29 is 5.11 Å². The number of aliphatic hydroxyl groups is 1. The zero-order chi connectivity index (χ0) is 17.3. The molecule has 3 rings (SSSR count). The molecule has 5 heteroatoms. The summed E-state index contributed by atoms with van der Waals surface area (Å²) in [5.41, 5.74) is 3.41. The highest BCUT2D eigenvalue weighted by atomic mass is 79.9. The highest BCUT2D eigenvalue weighted by Gasteiger charge is 2.13. The maximum atomic E-state index is 12.9. The molecule has 1 N–H and O–H groups in total. The van der Waals surface area contributed by atoms with Gasteiger partial charge in [0.1, 0.15) is 0 Å². The van der Waals surface area contributed by atoms with E-state index in [1.807, 2.05) is 49.4 Å². The maximum Gasteiger partial charge on any atom is 0.254 e. The summed E-state index contributed by atoms with van der Waals surface area (Å²) in [7, 11) is 0. The van der Waals surface area contributed by atoms with E-state index in [9.17, 15) is 9.90 Å². The van der Waals surface area contributed by atoms with Crippen LogP contribution in [0.2, 0.25) is 5.02 Å². The molecular weight excluding hydrogens is 390 g/mol. The van der Waals surface area contributed by atoms with Gasteiger partial charge < -0.3 is 9.67 Å². The van der Waals surface area contributed by atoms with Crippen molar-refractivity contribution in [2.24, 2.45) is 0 Å². The number of pyridine rings is 1. The zero-order valence-electron chi connectivity index (χ0n) is 13.2. The van der Waals surface area contributed by atoms with E-state index in [0.29, 0.717) is 23.6 Å². The molecule has 0 aliphatic carbocycles. The van der Waals surface area contributed by atoms with Gasteiger partial charge in [-0.05, 0) is 58.6 Å². The van der Waals surface area contributed by atoms with Crippen LogP contribution in [0, 0.1) is 6.92 Å². The van der Waals surface area contributed by atoms with Gasteiger partial charge in [-0.2, -0.15) is 0 Å². The standard InChI is InChI=1S/C19H17BrClNO2/c1-12-14(8-9-23)15-4-2-3-5-18(15)22(19(12)24)11-13-6-7-16(20)17(21)10-13/h2-7,10,23H,8-9,11H2,1H3. The first-order chi connectivity index (χ1) is 11.5. The second kappa shape index (κ2) is 7.09. The third-order valence-electron chi connectivity index (χ3n) is 4.23. The highest BCUT2D eigenvalue weighted by Crippen LogP contribution is 2.25. The molecule has 3 aromatic rings. The van der Waals surface area contributed by atoms with Crippen molar-refractivity contribution in [3.05, 3.63) is 79.0 Å². The highest BCUT2D eigenvalue weighted by molar-refractivity contribution is 9.10. The van der Waals surface area contributed by atoms with Gasteiger partial charge in [-0.3, -0.25) is 4.79 Å². The number of fused-ring (bicyclic) bond motifs is 1. The predicted molar refractivity (Wildman–Crippen MR) is 102 cm³/mol. The van der Waals surface area contributed by atoms with Crippen LogP contribution in [0.1, 0.15) is 16.7 Å². The average molecular weight is 407 g/mol. The summed E-state index contributed by atoms with van der Waals surface area (Å²) >= 11 is 9.56. The molecule has 0 atom stereocenters. The third kappa shape index (κ3) is 3.14. The van der Waals surface area contributed by atoms with Crippen LogP contribution in [0.15, 0.2) is 51.7 Å². The Labute approximate surface area is 153 Å². The van der Waals surface area contributed by atoms with Crippen LogP contribution >= 0.6 is 27.5 Å². The zero-order valence-corrected chi connectivity index (χ0v) is 15.6. The van der Waals surface area contributed by atoms with E-state index < -0.39 is 0 Å². The first-order valence-electron chi connectivity index (χ1n) is 7.68. The van der Waals surface area contributed by atoms with Gasteiger partial charge in [0.15, 0.2) is 0 Å². The van der Waals surface area contributed by atoms with E-state index in [2.05, 4.69) is 15.9 Å². The molecule has 0 amide bonds. The van der Waals surface area contributed by atoms with Gasteiger partial charge in [-0.1, -0.05) is 35.9 Å². The van der Waals surface area contributed by atoms with Crippen molar-refractivity contribution in [1.82, 2.24) is 4.57 Å². The maximum absolute atomic E-state index is 12.9. The summed E-state index contributed by atoms with van der Waals surface area (Å²) < 4.78 is 2.60. The topological polar surface area (TPSA) is 42.2 Å². The third-order valence-corrected chi connectivity index (χ3v) is 5.46. The predicted octanol–water partition coefficient (Wildman–Crippen LogP) is 4.31. The number of hydrogen-bond donors (Lipinski definition) is 1. The fourth-order valence-corrected chi connectivity index (χ4v) is 3.47. The molecule has 24 heavy (non-hydrogen) atoms. The van der Waals surface area contributed by atoms with Gasteiger partial charge in [-0.25, -0.2) is 0 Å². The Hall–Kier alpha value is -1.62.